The molecule has 2 aliphatic carbocycles. The second kappa shape index (κ2) is 8.62. The molecule has 0 radical (unpaired) electrons. The number of fused-ring (bicyclic) bond motifs is 5. The minimum Gasteiger partial charge on any atom is -0.444 e. The van der Waals surface area contributed by atoms with Gasteiger partial charge in [-0.2, -0.15) is 0 Å². The number of halogens is 1. The zero-order chi connectivity index (χ0) is 22.2. The number of hydrogen-bond donors (Lipinski definition) is 0. The van der Waals surface area contributed by atoms with E-state index in [9.17, 15) is 4.79 Å². The van der Waals surface area contributed by atoms with Gasteiger partial charge in [-0.05, 0) is 79.6 Å². The lowest BCUT2D eigenvalue weighted by Gasteiger charge is -2.24. The Morgan fingerprint density at radius 1 is 1.06 bits per heavy atom. The Hall–Kier alpha value is -2.79. The molecule has 4 nitrogen and oxygen atoms in total. The molecule has 5 rings (SSSR count). The summed E-state index contributed by atoms with van der Waals surface area (Å²) in [5, 5.41) is 0. The number of benzene rings is 2. The van der Waals surface area contributed by atoms with Gasteiger partial charge in [0.2, 0.25) is 5.89 Å². The summed E-state index contributed by atoms with van der Waals surface area (Å²) in [4.78, 5) is 19.1. The lowest BCUT2D eigenvalue weighted by molar-refractivity contribution is 0.0994. The molecule has 3 aromatic rings. The Bertz CT molecular complexity index is 1150. The van der Waals surface area contributed by atoms with Crippen LogP contribution in [0.4, 0.5) is 4.39 Å². The average Bonchev–Trinajstić information content (AvgIpc) is 3.43. The number of carbonyl (C=O) groups excluding carboxylic acids is 1. The second-order valence-electron chi connectivity index (χ2n) is 8.83. The van der Waals surface area contributed by atoms with E-state index in [1.165, 1.54) is 12.5 Å². The van der Waals surface area contributed by atoms with Crippen molar-refractivity contribution in [1.29, 1.82) is 0 Å². The third-order valence-corrected chi connectivity index (χ3v) is 7.28. The van der Waals surface area contributed by atoms with Gasteiger partial charge in [0.15, 0.2) is 5.78 Å². The first-order valence-electron chi connectivity index (χ1n) is 11.7. The number of aryl methyl sites for hydroxylation is 1. The standard InChI is InChI=1S/C27H29FN2O2/c1-3-30(4-2)15-13-17-5-6-18-7-8-20-21(11-12-23(20)31)24(18)25-19(17)9-10-22(26(25)28)27-29-14-16-32-27/h7-10,14,16-17H,3-6,11-13,15H2,1-2H3. The molecule has 2 aromatic carbocycles. The number of rotatable bonds is 6. The van der Waals surface area contributed by atoms with Crippen LogP contribution in [0.15, 0.2) is 41.1 Å². The minimum absolute atomic E-state index is 0.163. The van der Waals surface area contributed by atoms with Crippen LogP contribution in [0.25, 0.3) is 22.6 Å². The van der Waals surface area contributed by atoms with E-state index in [4.69, 9.17) is 4.42 Å². The number of hydrogen-bond acceptors (Lipinski definition) is 4. The molecule has 2 aliphatic rings. The van der Waals surface area contributed by atoms with E-state index in [-0.39, 0.29) is 17.5 Å². The molecular weight excluding hydrogens is 403 g/mol. The molecule has 0 fully saturated rings. The van der Waals surface area contributed by atoms with Crippen molar-refractivity contribution in [3.05, 3.63) is 64.8 Å². The maximum absolute atomic E-state index is 16.3. The van der Waals surface area contributed by atoms with Crippen molar-refractivity contribution in [3.8, 4) is 22.6 Å². The molecule has 0 bridgehead atoms. The monoisotopic (exact) mass is 432 g/mol. The van der Waals surface area contributed by atoms with Crippen LogP contribution in [0.5, 0.6) is 0 Å². The van der Waals surface area contributed by atoms with Gasteiger partial charge in [0.25, 0.3) is 0 Å². The van der Waals surface area contributed by atoms with Crippen LogP contribution in [0.3, 0.4) is 0 Å². The predicted octanol–water partition coefficient (Wildman–Crippen LogP) is 6.04. The molecule has 1 unspecified atom stereocenters. The normalized spacial score (nSPS) is 17.2. The zero-order valence-corrected chi connectivity index (χ0v) is 18.8. The van der Waals surface area contributed by atoms with Gasteiger partial charge in [-0.3, -0.25) is 4.79 Å². The molecule has 1 heterocycles. The summed E-state index contributed by atoms with van der Waals surface area (Å²) in [5.74, 6) is 0.433. The van der Waals surface area contributed by atoms with Crippen LogP contribution in [0, 0.1) is 5.82 Å². The van der Waals surface area contributed by atoms with Crippen LogP contribution < -0.4 is 0 Å². The minimum atomic E-state index is -0.284. The first-order chi connectivity index (χ1) is 15.6. The molecule has 0 N–H and O–H groups in total. The molecule has 0 spiro atoms. The Morgan fingerprint density at radius 3 is 2.62 bits per heavy atom. The van der Waals surface area contributed by atoms with E-state index >= 15 is 4.39 Å². The van der Waals surface area contributed by atoms with E-state index < -0.39 is 0 Å². The number of nitrogens with zero attached hydrogens (tertiary/aromatic N) is 2. The van der Waals surface area contributed by atoms with Crippen LogP contribution in [-0.4, -0.2) is 35.3 Å². The van der Waals surface area contributed by atoms with Crippen molar-refractivity contribution in [2.45, 2.75) is 51.9 Å². The van der Waals surface area contributed by atoms with Crippen LogP contribution >= 0.6 is 0 Å². The van der Waals surface area contributed by atoms with Crippen LogP contribution in [-0.2, 0) is 12.8 Å². The molecule has 1 aromatic heterocycles. The Balaban J connectivity index is 1.69. The third-order valence-electron chi connectivity index (χ3n) is 7.28. The smallest absolute Gasteiger partial charge is 0.228 e. The first-order valence-corrected chi connectivity index (χ1v) is 11.7. The number of aromatic nitrogens is 1. The molecule has 0 saturated carbocycles. The Labute approximate surface area is 188 Å². The number of oxazole rings is 1. The SMILES string of the molecule is CCN(CC)CCC1CCc2ccc3c(c2-c2c1ccc(-c1ncco1)c2F)CCC3=O. The van der Waals surface area contributed by atoms with Crippen molar-refractivity contribution in [1.82, 2.24) is 9.88 Å². The summed E-state index contributed by atoms with van der Waals surface area (Å²) in [6.07, 6.45) is 7.06. The topological polar surface area (TPSA) is 46.3 Å². The van der Waals surface area contributed by atoms with Gasteiger partial charge in [0.05, 0.1) is 11.8 Å². The summed E-state index contributed by atoms with van der Waals surface area (Å²) in [6.45, 7) is 7.39. The van der Waals surface area contributed by atoms with Crippen molar-refractivity contribution < 1.29 is 13.6 Å². The van der Waals surface area contributed by atoms with Crippen molar-refractivity contribution in [2.75, 3.05) is 19.6 Å². The summed E-state index contributed by atoms with van der Waals surface area (Å²) in [7, 11) is 0. The Morgan fingerprint density at radius 2 is 1.88 bits per heavy atom. The van der Waals surface area contributed by atoms with E-state index in [1.807, 2.05) is 18.2 Å². The first kappa shape index (κ1) is 21.1. The maximum Gasteiger partial charge on any atom is 0.228 e. The van der Waals surface area contributed by atoms with Gasteiger partial charge in [-0.15, -0.1) is 0 Å². The second-order valence-corrected chi connectivity index (χ2v) is 8.83. The maximum atomic E-state index is 16.3. The van der Waals surface area contributed by atoms with E-state index in [2.05, 4.69) is 29.8 Å². The molecule has 0 saturated heterocycles. The lowest BCUT2D eigenvalue weighted by Crippen LogP contribution is -2.25. The van der Waals surface area contributed by atoms with Gasteiger partial charge in [-0.25, -0.2) is 9.37 Å². The van der Waals surface area contributed by atoms with E-state index in [0.29, 0.717) is 29.9 Å². The summed E-state index contributed by atoms with van der Waals surface area (Å²) < 4.78 is 21.7. The van der Waals surface area contributed by atoms with Crippen molar-refractivity contribution >= 4 is 5.78 Å². The molecule has 0 amide bonds. The van der Waals surface area contributed by atoms with E-state index in [0.717, 1.165) is 66.7 Å². The van der Waals surface area contributed by atoms with Crippen molar-refractivity contribution in [3.63, 3.8) is 0 Å². The lowest BCUT2D eigenvalue weighted by atomic mass is 9.85. The predicted molar refractivity (Wildman–Crippen MR) is 123 cm³/mol. The fraction of sp³-hybridized carbons (Fsp3) is 0.407. The van der Waals surface area contributed by atoms with E-state index in [1.54, 1.807) is 0 Å². The summed E-state index contributed by atoms with van der Waals surface area (Å²) in [5.41, 5.74) is 5.96. The molecule has 0 aliphatic heterocycles. The molecule has 166 valence electrons. The highest BCUT2D eigenvalue weighted by molar-refractivity contribution is 6.03. The highest BCUT2D eigenvalue weighted by Gasteiger charge is 2.32. The number of ketones is 1. The fourth-order valence-electron chi connectivity index (χ4n) is 5.48. The summed E-state index contributed by atoms with van der Waals surface area (Å²) in [6, 6.07) is 7.88. The largest absolute Gasteiger partial charge is 0.444 e. The van der Waals surface area contributed by atoms with Crippen LogP contribution in [0.1, 0.15) is 66.1 Å². The molecule has 5 heteroatoms. The molecule has 1 atom stereocenters. The highest BCUT2D eigenvalue weighted by atomic mass is 19.1. The Kier molecular flexibility index (Phi) is 5.68. The van der Waals surface area contributed by atoms with Gasteiger partial charge < -0.3 is 9.32 Å². The van der Waals surface area contributed by atoms with Gasteiger partial charge >= 0.3 is 0 Å². The van der Waals surface area contributed by atoms with Gasteiger partial charge in [0, 0.05) is 17.5 Å². The average molecular weight is 433 g/mol. The number of Topliss-reactive ketones (excluding diaryl/α,β-unsaturated/α-hetero) is 1. The zero-order valence-electron chi connectivity index (χ0n) is 18.8. The molecule has 32 heavy (non-hydrogen) atoms. The summed E-state index contributed by atoms with van der Waals surface area (Å²) >= 11 is 0. The fourth-order valence-corrected chi connectivity index (χ4v) is 5.48. The quantitative estimate of drug-likeness (QED) is 0.477. The van der Waals surface area contributed by atoms with Gasteiger partial charge in [0.1, 0.15) is 12.1 Å². The third kappa shape index (κ3) is 3.49. The number of carbonyl (C=O) groups is 1. The molecular formula is C27H29FN2O2. The van der Waals surface area contributed by atoms with Gasteiger partial charge in [-0.1, -0.05) is 32.0 Å². The van der Waals surface area contributed by atoms with Crippen LogP contribution in [0.2, 0.25) is 0 Å². The van der Waals surface area contributed by atoms with Crippen molar-refractivity contribution in [2.24, 2.45) is 0 Å². The highest BCUT2D eigenvalue weighted by Crippen LogP contribution is 2.47.